The Morgan fingerprint density at radius 1 is 1.00 bits per heavy atom. The number of nitrogens with one attached hydrogen (secondary N) is 2. The van der Waals surface area contributed by atoms with Gasteiger partial charge in [-0.3, -0.25) is 9.69 Å². The second-order valence-electron chi connectivity index (χ2n) is 9.69. The number of ether oxygens (including phenoxy) is 3. The highest BCUT2D eigenvalue weighted by atomic mass is 35.5. The molecule has 2 N–H and O–H groups in total. The molecule has 0 saturated carbocycles. The number of benzene rings is 2. The molecule has 2 aliphatic rings. The van der Waals surface area contributed by atoms with E-state index < -0.39 is 5.82 Å². The molecule has 212 valence electrons. The Morgan fingerprint density at radius 3 is 2.58 bits per heavy atom. The van der Waals surface area contributed by atoms with Crippen LogP contribution >= 0.6 is 11.6 Å². The van der Waals surface area contributed by atoms with Crippen LogP contribution in [0.5, 0.6) is 11.5 Å². The first-order valence-electron chi connectivity index (χ1n) is 13.6. The normalized spacial score (nSPS) is 16.4. The largest absolute Gasteiger partial charge is 0.493 e. The van der Waals surface area contributed by atoms with E-state index in [1.165, 1.54) is 12.3 Å². The summed E-state index contributed by atoms with van der Waals surface area (Å²) in [5, 5.41) is 6.51. The number of carbonyl (C=O) groups excluding carboxylic acids is 1. The molecular formula is C29H33ClFN5O4. The van der Waals surface area contributed by atoms with Crippen molar-refractivity contribution in [3.05, 3.63) is 59.0 Å². The number of fused-ring (bicyclic) bond motifs is 7. The summed E-state index contributed by atoms with van der Waals surface area (Å²) >= 11 is 6.41. The number of rotatable bonds is 4. The molecule has 0 spiro atoms. The van der Waals surface area contributed by atoms with E-state index in [1.807, 2.05) is 0 Å². The standard InChI is InChI=1S/C29H33ClFN5O4/c30-23-19-33-29-34-21-6-7-22(28(37)32-9-10-36-11-15-38-16-12-36)25(18-21)39-13-3-1-2-4-14-40-26-17-20(27(23)35-29)5-8-24(26)31/h5-8,17-19H,1-4,9-16H2,(H,32,37)(H,33,34,35). The van der Waals surface area contributed by atoms with Gasteiger partial charge in [0.2, 0.25) is 5.95 Å². The highest BCUT2D eigenvalue weighted by Crippen LogP contribution is 2.32. The van der Waals surface area contributed by atoms with E-state index in [0.717, 1.165) is 58.5 Å². The van der Waals surface area contributed by atoms with Crippen molar-refractivity contribution in [3.8, 4) is 22.8 Å². The molecular weight excluding hydrogens is 537 g/mol. The van der Waals surface area contributed by atoms with Crippen LogP contribution in [0.2, 0.25) is 5.02 Å². The van der Waals surface area contributed by atoms with Crippen LogP contribution in [0, 0.1) is 5.82 Å². The van der Waals surface area contributed by atoms with Gasteiger partial charge in [-0.05, 0) is 56.0 Å². The van der Waals surface area contributed by atoms with Crippen molar-refractivity contribution in [2.45, 2.75) is 25.7 Å². The Bertz CT molecular complexity index is 1320. The molecule has 0 unspecified atom stereocenters. The van der Waals surface area contributed by atoms with Gasteiger partial charge in [-0.1, -0.05) is 11.6 Å². The third-order valence-electron chi connectivity index (χ3n) is 6.80. The van der Waals surface area contributed by atoms with Crippen LogP contribution in [0.25, 0.3) is 11.3 Å². The first kappa shape index (κ1) is 28.1. The zero-order chi connectivity index (χ0) is 27.7. The smallest absolute Gasteiger partial charge is 0.255 e. The predicted molar refractivity (Wildman–Crippen MR) is 151 cm³/mol. The number of carbonyl (C=O) groups is 1. The van der Waals surface area contributed by atoms with Gasteiger partial charge in [-0.2, -0.15) is 0 Å². The topological polar surface area (TPSA) is 97.8 Å². The Labute approximate surface area is 238 Å². The number of morpholine rings is 1. The van der Waals surface area contributed by atoms with E-state index >= 15 is 0 Å². The monoisotopic (exact) mass is 569 g/mol. The minimum Gasteiger partial charge on any atom is -0.493 e. The van der Waals surface area contributed by atoms with E-state index in [-0.39, 0.29) is 11.7 Å². The molecule has 0 atom stereocenters. The Morgan fingerprint density at radius 2 is 1.77 bits per heavy atom. The summed E-state index contributed by atoms with van der Waals surface area (Å²) in [5.41, 5.74) is 2.17. The minimum absolute atomic E-state index is 0.162. The van der Waals surface area contributed by atoms with Crippen molar-refractivity contribution < 1.29 is 23.4 Å². The number of anilines is 2. The molecule has 2 aliphatic heterocycles. The maximum Gasteiger partial charge on any atom is 0.255 e. The second-order valence-corrected chi connectivity index (χ2v) is 10.1. The predicted octanol–water partition coefficient (Wildman–Crippen LogP) is 5.07. The number of hydrogen-bond donors (Lipinski definition) is 2. The Hall–Kier alpha value is -3.47. The molecule has 40 heavy (non-hydrogen) atoms. The highest BCUT2D eigenvalue weighted by Gasteiger charge is 2.17. The molecule has 1 fully saturated rings. The second kappa shape index (κ2) is 13.7. The van der Waals surface area contributed by atoms with Crippen molar-refractivity contribution in [1.29, 1.82) is 0 Å². The van der Waals surface area contributed by atoms with Crippen LogP contribution in [-0.4, -0.2) is 73.4 Å². The molecule has 0 radical (unpaired) electrons. The van der Waals surface area contributed by atoms with Gasteiger partial charge in [0.15, 0.2) is 11.6 Å². The number of amides is 1. The maximum atomic E-state index is 14.4. The number of hydrogen-bond acceptors (Lipinski definition) is 8. The van der Waals surface area contributed by atoms with Crippen molar-refractivity contribution in [1.82, 2.24) is 20.2 Å². The summed E-state index contributed by atoms with van der Waals surface area (Å²) < 4.78 is 31.6. The number of halogens is 2. The van der Waals surface area contributed by atoms with E-state index in [2.05, 4.69) is 25.5 Å². The molecule has 1 saturated heterocycles. The third kappa shape index (κ3) is 7.38. The van der Waals surface area contributed by atoms with Crippen molar-refractivity contribution in [2.24, 2.45) is 0 Å². The van der Waals surface area contributed by atoms with E-state index in [0.29, 0.717) is 59.0 Å². The summed E-state index contributed by atoms with van der Waals surface area (Å²) in [7, 11) is 0. The van der Waals surface area contributed by atoms with Crippen LogP contribution < -0.4 is 20.1 Å². The molecule has 3 aromatic rings. The lowest BCUT2D eigenvalue weighted by molar-refractivity contribution is 0.0383. The van der Waals surface area contributed by atoms with Gasteiger partial charge in [0, 0.05) is 43.5 Å². The molecule has 3 heterocycles. The fraction of sp³-hybridized carbons (Fsp3) is 0.414. The van der Waals surface area contributed by atoms with Crippen molar-refractivity contribution in [2.75, 3.05) is 57.9 Å². The number of aromatic nitrogens is 2. The van der Waals surface area contributed by atoms with Crippen LogP contribution in [0.3, 0.4) is 0 Å². The molecule has 2 aromatic carbocycles. The summed E-state index contributed by atoms with van der Waals surface area (Å²) in [6.07, 6.45) is 4.89. The molecule has 11 heteroatoms. The van der Waals surface area contributed by atoms with Crippen LogP contribution in [0.4, 0.5) is 16.0 Å². The summed E-state index contributed by atoms with van der Waals surface area (Å²) in [4.78, 5) is 24.2. The zero-order valence-electron chi connectivity index (χ0n) is 22.3. The summed E-state index contributed by atoms with van der Waals surface area (Å²) in [6, 6.07) is 9.86. The molecule has 6 bridgehead atoms. The zero-order valence-corrected chi connectivity index (χ0v) is 23.0. The number of nitrogens with zero attached hydrogens (tertiary/aromatic N) is 3. The Kier molecular flexibility index (Phi) is 9.64. The van der Waals surface area contributed by atoms with Crippen molar-refractivity contribution in [3.63, 3.8) is 0 Å². The first-order valence-corrected chi connectivity index (χ1v) is 14.0. The maximum absolute atomic E-state index is 14.4. The lowest BCUT2D eigenvalue weighted by Gasteiger charge is -2.26. The van der Waals surface area contributed by atoms with E-state index in [4.69, 9.17) is 25.8 Å². The highest BCUT2D eigenvalue weighted by molar-refractivity contribution is 6.32. The van der Waals surface area contributed by atoms with E-state index in [9.17, 15) is 9.18 Å². The van der Waals surface area contributed by atoms with Gasteiger partial charge >= 0.3 is 0 Å². The molecule has 0 aliphatic carbocycles. The molecule has 1 amide bonds. The fourth-order valence-electron chi connectivity index (χ4n) is 4.60. The lowest BCUT2D eigenvalue weighted by atomic mass is 10.1. The first-order chi connectivity index (χ1) is 19.6. The lowest BCUT2D eigenvalue weighted by Crippen LogP contribution is -2.41. The van der Waals surface area contributed by atoms with Crippen molar-refractivity contribution >= 4 is 29.1 Å². The van der Waals surface area contributed by atoms with E-state index in [1.54, 1.807) is 30.3 Å². The Balaban J connectivity index is 1.37. The van der Waals surface area contributed by atoms with Gasteiger partial charge in [0.25, 0.3) is 5.91 Å². The molecule has 1 aromatic heterocycles. The van der Waals surface area contributed by atoms with Crippen LogP contribution in [0.15, 0.2) is 42.6 Å². The van der Waals surface area contributed by atoms with Gasteiger partial charge in [-0.15, -0.1) is 0 Å². The average molecular weight is 570 g/mol. The summed E-state index contributed by atoms with van der Waals surface area (Å²) in [5.74, 6) is 0.310. The fourth-order valence-corrected chi connectivity index (χ4v) is 4.80. The molecule has 5 rings (SSSR count). The van der Waals surface area contributed by atoms with Gasteiger partial charge in [-0.25, -0.2) is 14.4 Å². The average Bonchev–Trinajstić information content (AvgIpc) is 2.96. The van der Waals surface area contributed by atoms with Gasteiger partial charge in [0.1, 0.15) is 5.75 Å². The van der Waals surface area contributed by atoms with Gasteiger partial charge in [0.05, 0.1) is 48.9 Å². The minimum atomic E-state index is -0.437. The summed E-state index contributed by atoms with van der Waals surface area (Å²) in [6.45, 7) is 5.32. The van der Waals surface area contributed by atoms with Crippen LogP contribution in [-0.2, 0) is 4.74 Å². The SMILES string of the molecule is O=C(NCCN1CCOCC1)c1ccc2cc1OCCCCCCOc1cc(ccc1F)-c1nc(ncc1Cl)N2. The quantitative estimate of drug-likeness (QED) is 0.449. The third-order valence-corrected chi connectivity index (χ3v) is 7.08. The molecule has 9 nitrogen and oxygen atoms in total. The van der Waals surface area contributed by atoms with Crippen LogP contribution in [0.1, 0.15) is 36.0 Å². The van der Waals surface area contributed by atoms with Gasteiger partial charge < -0.3 is 24.8 Å².